The van der Waals surface area contributed by atoms with Gasteiger partial charge in [-0.1, -0.05) is 19.9 Å². The number of aliphatic imine (C=N–C) groups is 1. The molecule has 6 nitrogen and oxygen atoms in total. The third-order valence-electron chi connectivity index (χ3n) is 3.47. The van der Waals surface area contributed by atoms with Crippen LogP contribution in [0.3, 0.4) is 0 Å². The van der Waals surface area contributed by atoms with Crippen LogP contribution >= 0.6 is 0 Å². The molecule has 0 bridgehead atoms. The van der Waals surface area contributed by atoms with Crippen molar-refractivity contribution in [3.8, 4) is 0 Å². The SMILES string of the molecule is CCNC(=NCCC(=O)Nc1cccc(C)n1)NC(C)C(C)C. The van der Waals surface area contributed by atoms with E-state index in [0.29, 0.717) is 30.7 Å². The van der Waals surface area contributed by atoms with E-state index in [1.807, 2.05) is 26.0 Å². The van der Waals surface area contributed by atoms with E-state index in [1.165, 1.54) is 0 Å². The molecule has 0 aliphatic rings. The minimum atomic E-state index is -0.0837. The number of rotatable bonds is 7. The van der Waals surface area contributed by atoms with E-state index >= 15 is 0 Å². The molecule has 0 aromatic carbocycles. The van der Waals surface area contributed by atoms with E-state index in [0.717, 1.165) is 18.2 Å². The van der Waals surface area contributed by atoms with Gasteiger partial charge in [0.05, 0.1) is 6.54 Å². The van der Waals surface area contributed by atoms with Crippen molar-refractivity contribution in [3.63, 3.8) is 0 Å². The summed E-state index contributed by atoms with van der Waals surface area (Å²) in [5.74, 6) is 1.75. The predicted molar refractivity (Wildman–Crippen MR) is 95.6 cm³/mol. The Morgan fingerprint density at radius 1 is 1.30 bits per heavy atom. The Morgan fingerprint density at radius 2 is 2.04 bits per heavy atom. The van der Waals surface area contributed by atoms with Gasteiger partial charge in [-0.2, -0.15) is 0 Å². The number of anilines is 1. The average molecular weight is 319 g/mol. The highest BCUT2D eigenvalue weighted by Crippen LogP contribution is 2.04. The summed E-state index contributed by atoms with van der Waals surface area (Å²) in [7, 11) is 0. The van der Waals surface area contributed by atoms with Crippen LogP contribution in [-0.4, -0.2) is 36.0 Å². The van der Waals surface area contributed by atoms with Crippen molar-refractivity contribution in [2.75, 3.05) is 18.4 Å². The minimum Gasteiger partial charge on any atom is -0.357 e. The van der Waals surface area contributed by atoms with E-state index in [-0.39, 0.29) is 5.91 Å². The summed E-state index contributed by atoms with van der Waals surface area (Å²) >= 11 is 0. The molecule has 1 amide bonds. The second-order valence-corrected chi connectivity index (χ2v) is 5.90. The topological polar surface area (TPSA) is 78.4 Å². The molecule has 6 heteroatoms. The van der Waals surface area contributed by atoms with Crippen LogP contribution in [0.5, 0.6) is 0 Å². The van der Waals surface area contributed by atoms with E-state index in [4.69, 9.17) is 0 Å². The zero-order valence-electron chi connectivity index (χ0n) is 14.8. The molecule has 0 aliphatic heterocycles. The van der Waals surface area contributed by atoms with E-state index < -0.39 is 0 Å². The number of carbonyl (C=O) groups excluding carboxylic acids is 1. The summed E-state index contributed by atoms with van der Waals surface area (Å²) in [6, 6.07) is 5.86. The third-order valence-corrected chi connectivity index (χ3v) is 3.47. The highest BCUT2D eigenvalue weighted by molar-refractivity contribution is 5.90. The molecule has 0 spiro atoms. The molecule has 0 aliphatic carbocycles. The summed E-state index contributed by atoms with van der Waals surface area (Å²) < 4.78 is 0. The molecule has 1 heterocycles. The molecular weight excluding hydrogens is 290 g/mol. The van der Waals surface area contributed by atoms with Gasteiger partial charge in [-0.3, -0.25) is 9.79 Å². The first kappa shape index (κ1) is 18.9. The Hall–Kier alpha value is -2.11. The van der Waals surface area contributed by atoms with Crippen molar-refractivity contribution < 1.29 is 4.79 Å². The van der Waals surface area contributed by atoms with Gasteiger partial charge in [-0.05, 0) is 38.8 Å². The third kappa shape index (κ3) is 7.63. The summed E-state index contributed by atoms with van der Waals surface area (Å²) in [6.45, 7) is 11.6. The second kappa shape index (κ2) is 9.82. The molecule has 0 fully saturated rings. The quantitative estimate of drug-likeness (QED) is 0.532. The molecule has 0 radical (unpaired) electrons. The molecule has 1 aromatic heterocycles. The van der Waals surface area contributed by atoms with Crippen molar-refractivity contribution in [1.82, 2.24) is 15.6 Å². The number of amides is 1. The van der Waals surface area contributed by atoms with Crippen LogP contribution in [0, 0.1) is 12.8 Å². The van der Waals surface area contributed by atoms with Crippen molar-refractivity contribution in [3.05, 3.63) is 23.9 Å². The molecule has 1 atom stereocenters. The van der Waals surface area contributed by atoms with Gasteiger partial charge >= 0.3 is 0 Å². The first-order valence-electron chi connectivity index (χ1n) is 8.20. The van der Waals surface area contributed by atoms with Crippen molar-refractivity contribution >= 4 is 17.7 Å². The number of hydrogen-bond donors (Lipinski definition) is 3. The number of guanidine groups is 1. The van der Waals surface area contributed by atoms with Gasteiger partial charge in [0, 0.05) is 24.7 Å². The smallest absolute Gasteiger partial charge is 0.227 e. The lowest BCUT2D eigenvalue weighted by Crippen LogP contribution is -2.44. The van der Waals surface area contributed by atoms with Crippen LogP contribution in [0.15, 0.2) is 23.2 Å². The number of aryl methyl sites for hydroxylation is 1. The molecule has 1 rings (SSSR count). The monoisotopic (exact) mass is 319 g/mol. The standard InChI is InChI=1S/C17H29N5O/c1-6-18-17(21-14(5)12(2)3)19-11-10-16(23)22-15-9-7-8-13(4)20-15/h7-9,12,14H,6,10-11H2,1-5H3,(H2,18,19,21)(H,20,22,23). The Balaban J connectivity index is 2.48. The number of pyridine rings is 1. The van der Waals surface area contributed by atoms with Gasteiger partial charge in [0.2, 0.25) is 5.91 Å². The van der Waals surface area contributed by atoms with Crippen molar-refractivity contribution in [2.45, 2.75) is 47.1 Å². The van der Waals surface area contributed by atoms with Crippen LogP contribution in [0.2, 0.25) is 0 Å². The number of carbonyl (C=O) groups is 1. The molecule has 1 unspecified atom stereocenters. The zero-order chi connectivity index (χ0) is 17.2. The van der Waals surface area contributed by atoms with Crippen molar-refractivity contribution in [1.29, 1.82) is 0 Å². The fraction of sp³-hybridized carbons (Fsp3) is 0.588. The summed E-state index contributed by atoms with van der Waals surface area (Å²) in [6.07, 6.45) is 0.322. The molecule has 1 aromatic rings. The first-order chi connectivity index (χ1) is 10.9. The Labute approximate surface area is 139 Å². The summed E-state index contributed by atoms with van der Waals surface area (Å²) in [5.41, 5.74) is 0.877. The lowest BCUT2D eigenvalue weighted by atomic mass is 10.1. The fourth-order valence-corrected chi connectivity index (χ4v) is 1.79. The summed E-state index contributed by atoms with van der Waals surface area (Å²) in [5, 5.41) is 9.32. The van der Waals surface area contributed by atoms with Gasteiger partial charge < -0.3 is 16.0 Å². The normalized spacial score (nSPS) is 12.9. The largest absolute Gasteiger partial charge is 0.357 e. The molecule has 23 heavy (non-hydrogen) atoms. The van der Waals surface area contributed by atoms with Gasteiger partial charge in [0.1, 0.15) is 5.82 Å². The van der Waals surface area contributed by atoms with Crippen LogP contribution in [-0.2, 0) is 4.79 Å². The Morgan fingerprint density at radius 3 is 2.65 bits per heavy atom. The number of hydrogen-bond acceptors (Lipinski definition) is 3. The van der Waals surface area contributed by atoms with Crippen LogP contribution in [0.4, 0.5) is 5.82 Å². The highest BCUT2D eigenvalue weighted by atomic mass is 16.1. The lowest BCUT2D eigenvalue weighted by Gasteiger charge is -2.20. The predicted octanol–water partition coefficient (Wildman–Crippen LogP) is 2.32. The first-order valence-corrected chi connectivity index (χ1v) is 8.20. The van der Waals surface area contributed by atoms with Crippen molar-refractivity contribution in [2.24, 2.45) is 10.9 Å². The second-order valence-electron chi connectivity index (χ2n) is 5.90. The van der Waals surface area contributed by atoms with Gasteiger partial charge in [-0.25, -0.2) is 4.98 Å². The maximum absolute atomic E-state index is 11.9. The van der Waals surface area contributed by atoms with Gasteiger partial charge in [0.15, 0.2) is 5.96 Å². The van der Waals surface area contributed by atoms with E-state index in [2.05, 4.69) is 46.7 Å². The number of nitrogens with one attached hydrogen (secondary N) is 3. The maximum atomic E-state index is 11.9. The average Bonchev–Trinajstić information content (AvgIpc) is 2.47. The van der Waals surface area contributed by atoms with Crippen LogP contribution in [0.1, 0.15) is 39.8 Å². The number of aromatic nitrogens is 1. The number of nitrogens with zero attached hydrogens (tertiary/aromatic N) is 2. The summed E-state index contributed by atoms with van der Waals surface area (Å²) in [4.78, 5) is 20.6. The zero-order valence-corrected chi connectivity index (χ0v) is 14.8. The molecule has 3 N–H and O–H groups in total. The molecule has 0 saturated carbocycles. The molecule has 128 valence electrons. The fourth-order valence-electron chi connectivity index (χ4n) is 1.79. The van der Waals surface area contributed by atoms with Crippen LogP contribution < -0.4 is 16.0 Å². The van der Waals surface area contributed by atoms with E-state index in [9.17, 15) is 4.79 Å². The van der Waals surface area contributed by atoms with Gasteiger partial charge in [-0.15, -0.1) is 0 Å². The highest BCUT2D eigenvalue weighted by Gasteiger charge is 2.09. The van der Waals surface area contributed by atoms with E-state index in [1.54, 1.807) is 6.07 Å². The maximum Gasteiger partial charge on any atom is 0.227 e. The van der Waals surface area contributed by atoms with Gasteiger partial charge in [0.25, 0.3) is 0 Å². The Bertz CT molecular complexity index is 527. The lowest BCUT2D eigenvalue weighted by molar-refractivity contribution is -0.116. The minimum absolute atomic E-state index is 0.0837. The molecular formula is C17H29N5O. The van der Waals surface area contributed by atoms with Crippen LogP contribution in [0.25, 0.3) is 0 Å². The Kier molecular flexibility index (Phi) is 8.08. The molecule has 0 saturated heterocycles.